The highest BCUT2D eigenvalue weighted by molar-refractivity contribution is 5.92. The highest BCUT2D eigenvalue weighted by Crippen LogP contribution is 2.65. The molecule has 4 N–H and O–H groups in total. The Morgan fingerprint density at radius 3 is 2.52 bits per heavy atom. The average molecular weight is 408 g/mol. The van der Waals surface area contributed by atoms with Crippen molar-refractivity contribution in [1.82, 2.24) is 15.5 Å². The maximum Gasteiger partial charge on any atom is 0.410 e. The summed E-state index contributed by atoms with van der Waals surface area (Å²) < 4.78 is 5.48. The number of nitrogens with two attached hydrogens (primary N) is 1. The number of primary amides is 1. The second-order valence-electron chi connectivity index (χ2n) is 10.0. The largest absolute Gasteiger partial charge is 0.444 e. The van der Waals surface area contributed by atoms with E-state index in [0.29, 0.717) is 19.5 Å². The van der Waals surface area contributed by atoms with Gasteiger partial charge in [-0.25, -0.2) is 4.79 Å². The molecular formula is C20H32N4O5. The first-order valence-corrected chi connectivity index (χ1v) is 10.2. The van der Waals surface area contributed by atoms with Gasteiger partial charge in [0.1, 0.15) is 17.7 Å². The predicted molar refractivity (Wildman–Crippen MR) is 104 cm³/mol. The molecule has 0 radical (unpaired) electrons. The van der Waals surface area contributed by atoms with Crippen LogP contribution in [-0.2, 0) is 19.1 Å². The Kier molecular flexibility index (Phi) is 5.29. The lowest BCUT2D eigenvalue weighted by Gasteiger charge is -2.32. The average Bonchev–Trinajstić information content (AvgIpc) is 2.97. The molecule has 29 heavy (non-hydrogen) atoms. The first-order valence-electron chi connectivity index (χ1n) is 10.2. The summed E-state index contributed by atoms with van der Waals surface area (Å²) in [5, 5.41) is 5.42. The fourth-order valence-electron chi connectivity index (χ4n) is 4.75. The Balaban J connectivity index is 1.73. The Hall–Kier alpha value is -2.32. The number of nitrogens with zero attached hydrogens (tertiary/aromatic N) is 1. The third-order valence-corrected chi connectivity index (χ3v) is 6.45. The lowest BCUT2D eigenvalue weighted by molar-refractivity contribution is -0.132. The second-order valence-corrected chi connectivity index (χ2v) is 10.0. The maximum atomic E-state index is 13.2. The first-order chi connectivity index (χ1) is 13.3. The molecule has 0 spiro atoms. The summed E-state index contributed by atoms with van der Waals surface area (Å²) in [7, 11) is 0. The van der Waals surface area contributed by atoms with Gasteiger partial charge >= 0.3 is 6.09 Å². The van der Waals surface area contributed by atoms with Gasteiger partial charge in [0.15, 0.2) is 0 Å². The zero-order chi connectivity index (χ0) is 21.7. The monoisotopic (exact) mass is 408 g/mol. The molecule has 0 aromatic carbocycles. The standard InChI is InChI=1S/C20H32N4O5/c1-19(2,3)29-18(28)24-9-11-13(20(11,4)5)14(24)17(27)23-12(15(21)25)8-10-6-7-22-16(10)26/h10-14H,6-9H2,1-5H3,(H2,21,25)(H,22,26)(H,23,27)/t10-,11-,12-,13-,14?/m0/s1. The number of carbonyl (C=O) groups excluding carboxylic acids is 4. The van der Waals surface area contributed by atoms with Crippen molar-refractivity contribution in [3.8, 4) is 0 Å². The molecule has 1 unspecified atom stereocenters. The van der Waals surface area contributed by atoms with Crippen LogP contribution in [0, 0.1) is 23.2 Å². The lowest BCUT2D eigenvalue weighted by Crippen LogP contribution is -2.55. The minimum atomic E-state index is -0.960. The molecule has 3 fully saturated rings. The van der Waals surface area contributed by atoms with Crippen molar-refractivity contribution < 1.29 is 23.9 Å². The molecule has 1 saturated carbocycles. The molecule has 0 aromatic rings. The number of amides is 4. The van der Waals surface area contributed by atoms with Gasteiger partial charge in [-0.05, 0) is 50.9 Å². The van der Waals surface area contributed by atoms with E-state index in [2.05, 4.69) is 24.5 Å². The van der Waals surface area contributed by atoms with Crippen LogP contribution in [0.3, 0.4) is 0 Å². The fourth-order valence-corrected chi connectivity index (χ4v) is 4.75. The Morgan fingerprint density at radius 1 is 1.34 bits per heavy atom. The van der Waals surface area contributed by atoms with Gasteiger partial charge in [0, 0.05) is 19.0 Å². The van der Waals surface area contributed by atoms with Crippen molar-refractivity contribution in [3.05, 3.63) is 0 Å². The Morgan fingerprint density at radius 2 is 2.00 bits per heavy atom. The van der Waals surface area contributed by atoms with Gasteiger partial charge in [-0.2, -0.15) is 0 Å². The normalized spacial score (nSPS) is 30.9. The number of fused-ring (bicyclic) bond motifs is 1. The number of rotatable bonds is 5. The molecule has 162 valence electrons. The predicted octanol–water partition coefficient (Wildman–Crippen LogP) is 0.374. The molecule has 2 saturated heterocycles. The van der Waals surface area contributed by atoms with Gasteiger partial charge in [0.25, 0.3) is 0 Å². The summed E-state index contributed by atoms with van der Waals surface area (Å²) >= 11 is 0. The van der Waals surface area contributed by atoms with Crippen LogP contribution in [0.2, 0.25) is 0 Å². The van der Waals surface area contributed by atoms with Crippen molar-refractivity contribution in [2.75, 3.05) is 13.1 Å². The van der Waals surface area contributed by atoms with Crippen LogP contribution >= 0.6 is 0 Å². The van der Waals surface area contributed by atoms with Crippen molar-refractivity contribution in [3.63, 3.8) is 0 Å². The van der Waals surface area contributed by atoms with E-state index in [-0.39, 0.29) is 35.5 Å². The summed E-state index contributed by atoms with van der Waals surface area (Å²) in [5.41, 5.74) is 4.76. The highest BCUT2D eigenvalue weighted by atomic mass is 16.6. The van der Waals surface area contributed by atoms with E-state index in [1.807, 2.05) is 0 Å². The smallest absolute Gasteiger partial charge is 0.410 e. The number of ether oxygens (including phenoxy) is 1. The minimum Gasteiger partial charge on any atom is -0.444 e. The van der Waals surface area contributed by atoms with E-state index < -0.39 is 35.6 Å². The summed E-state index contributed by atoms with van der Waals surface area (Å²) in [6, 6.07) is -1.68. The van der Waals surface area contributed by atoms with Gasteiger partial charge in [-0.1, -0.05) is 13.8 Å². The molecular weight excluding hydrogens is 376 g/mol. The van der Waals surface area contributed by atoms with Crippen LogP contribution in [0.25, 0.3) is 0 Å². The Labute approximate surface area is 171 Å². The van der Waals surface area contributed by atoms with Crippen LogP contribution in [0.4, 0.5) is 4.79 Å². The number of piperidine rings is 1. The highest BCUT2D eigenvalue weighted by Gasteiger charge is 2.69. The molecule has 3 rings (SSSR count). The summed E-state index contributed by atoms with van der Waals surface area (Å²) in [6.07, 6.45) is 0.221. The van der Waals surface area contributed by atoms with Crippen molar-refractivity contribution in [2.45, 2.75) is 65.1 Å². The van der Waals surface area contributed by atoms with Crippen molar-refractivity contribution in [2.24, 2.45) is 28.9 Å². The summed E-state index contributed by atoms with van der Waals surface area (Å²) in [4.78, 5) is 51.1. The van der Waals surface area contributed by atoms with Crippen LogP contribution in [0.5, 0.6) is 0 Å². The van der Waals surface area contributed by atoms with Crippen LogP contribution in [-0.4, -0.2) is 59.5 Å². The molecule has 3 aliphatic rings. The lowest BCUT2D eigenvalue weighted by atomic mass is 9.96. The Bertz CT molecular complexity index is 729. The van der Waals surface area contributed by atoms with E-state index in [0.717, 1.165) is 0 Å². The minimum absolute atomic E-state index is 0.00155. The SMILES string of the molecule is CC(C)(C)OC(=O)N1C[C@H]2[C@@H](C1C(=O)N[C@@H](C[C@@H]1CCNC1=O)C(N)=O)C2(C)C. The number of likely N-dealkylation sites (tertiary alicyclic amines) is 1. The van der Waals surface area contributed by atoms with Crippen LogP contribution < -0.4 is 16.4 Å². The number of carbonyl (C=O) groups is 4. The molecule has 0 aromatic heterocycles. The molecule has 2 heterocycles. The number of hydrogen-bond donors (Lipinski definition) is 3. The second kappa shape index (κ2) is 7.18. The van der Waals surface area contributed by atoms with Gasteiger partial charge in [0.05, 0.1) is 0 Å². The van der Waals surface area contributed by atoms with E-state index in [9.17, 15) is 19.2 Å². The zero-order valence-electron chi connectivity index (χ0n) is 17.8. The van der Waals surface area contributed by atoms with Crippen molar-refractivity contribution >= 4 is 23.8 Å². The third kappa shape index (κ3) is 4.18. The molecule has 9 heteroatoms. The molecule has 0 bridgehead atoms. The topological polar surface area (TPSA) is 131 Å². The molecule has 5 atom stereocenters. The van der Waals surface area contributed by atoms with Crippen LogP contribution in [0.1, 0.15) is 47.5 Å². The quantitative estimate of drug-likeness (QED) is 0.605. The maximum absolute atomic E-state index is 13.2. The van der Waals surface area contributed by atoms with Crippen LogP contribution in [0.15, 0.2) is 0 Å². The number of nitrogens with one attached hydrogen (secondary N) is 2. The third-order valence-electron chi connectivity index (χ3n) is 6.45. The van der Waals surface area contributed by atoms with Gasteiger partial charge in [-0.15, -0.1) is 0 Å². The van der Waals surface area contributed by atoms with Gasteiger partial charge in [-0.3, -0.25) is 19.3 Å². The first kappa shape index (κ1) is 21.4. The molecule has 9 nitrogen and oxygen atoms in total. The molecule has 2 aliphatic heterocycles. The van der Waals surface area contributed by atoms with E-state index >= 15 is 0 Å². The van der Waals surface area contributed by atoms with E-state index in [1.54, 1.807) is 20.8 Å². The summed E-state index contributed by atoms with van der Waals surface area (Å²) in [6.45, 7) is 10.5. The van der Waals surface area contributed by atoms with E-state index in [4.69, 9.17) is 10.5 Å². The fraction of sp³-hybridized carbons (Fsp3) is 0.800. The van der Waals surface area contributed by atoms with Crippen molar-refractivity contribution in [1.29, 1.82) is 0 Å². The zero-order valence-corrected chi connectivity index (χ0v) is 17.8. The molecule has 4 amide bonds. The van der Waals surface area contributed by atoms with E-state index in [1.165, 1.54) is 4.90 Å². The molecule has 1 aliphatic carbocycles. The van der Waals surface area contributed by atoms with Gasteiger partial charge in [0.2, 0.25) is 17.7 Å². The number of hydrogen-bond acceptors (Lipinski definition) is 5. The summed E-state index contributed by atoms with van der Waals surface area (Å²) in [5.74, 6) is -1.40. The van der Waals surface area contributed by atoms with Gasteiger partial charge < -0.3 is 21.1 Å².